The molecule has 0 aliphatic rings. The van der Waals surface area contributed by atoms with E-state index in [1.165, 1.54) is 11.8 Å². The van der Waals surface area contributed by atoms with E-state index in [0.717, 1.165) is 15.8 Å². The lowest BCUT2D eigenvalue weighted by atomic mass is 10.2. The molecular formula is C16H13BrN2O3S. The van der Waals surface area contributed by atoms with Crippen molar-refractivity contribution in [1.29, 1.82) is 0 Å². The lowest BCUT2D eigenvalue weighted by Crippen LogP contribution is -2.24. The highest BCUT2D eigenvalue weighted by atomic mass is 79.9. The molecule has 118 valence electrons. The zero-order valence-electron chi connectivity index (χ0n) is 12.0. The van der Waals surface area contributed by atoms with Gasteiger partial charge in [-0.3, -0.25) is 4.79 Å². The third kappa shape index (κ3) is 4.49. The predicted molar refractivity (Wildman–Crippen MR) is 90.9 cm³/mol. The lowest BCUT2D eigenvalue weighted by molar-refractivity contribution is -0.118. The minimum atomic E-state index is -0.103. The number of hydrogen-bond acceptors (Lipinski definition) is 5. The second kappa shape index (κ2) is 7.52. The van der Waals surface area contributed by atoms with Gasteiger partial charge in [0.1, 0.15) is 5.76 Å². The van der Waals surface area contributed by atoms with E-state index in [0.29, 0.717) is 17.5 Å². The molecule has 2 heterocycles. The Kier molecular flexibility index (Phi) is 5.19. The molecule has 7 heteroatoms. The Hall–Kier alpha value is -1.99. The van der Waals surface area contributed by atoms with Gasteiger partial charge in [0.15, 0.2) is 5.76 Å². The number of rotatable bonds is 6. The number of nitrogens with zero attached hydrogens (tertiary/aromatic N) is 1. The number of amides is 1. The van der Waals surface area contributed by atoms with Crippen molar-refractivity contribution in [3.63, 3.8) is 0 Å². The average molecular weight is 393 g/mol. The van der Waals surface area contributed by atoms with Crippen LogP contribution in [0.1, 0.15) is 5.76 Å². The van der Waals surface area contributed by atoms with Crippen molar-refractivity contribution in [3.05, 3.63) is 59.1 Å². The van der Waals surface area contributed by atoms with Crippen molar-refractivity contribution in [2.24, 2.45) is 0 Å². The van der Waals surface area contributed by atoms with Crippen LogP contribution in [0.3, 0.4) is 0 Å². The molecule has 1 amide bonds. The molecule has 0 saturated heterocycles. The van der Waals surface area contributed by atoms with Crippen LogP contribution in [0.4, 0.5) is 0 Å². The summed E-state index contributed by atoms with van der Waals surface area (Å²) in [7, 11) is 0. The van der Waals surface area contributed by atoms with Crippen LogP contribution in [-0.2, 0) is 11.3 Å². The first-order chi connectivity index (χ1) is 11.2. The molecule has 0 atom stereocenters. The highest BCUT2D eigenvalue weighted by Gasteiger charge is 2.10. The second-order valence-electron chi connectivity index (χ2n) is 4.65. The van der Waals surface area contributed by atoms with Crippen LogP contribution in [0.5, 0.6) is 0 Å². The Balaban J connectivity index is 1.52. The summed E-state index contributed by atoms with van der Waals surface area (Å²) < 4.78 is 11.8. The molecule has 5 nitrogen and oxygen atoms in total. The monoisotopic (exact) mass is 392 g/mol. The standard InChI is InChI=1S/C16H13BrN2O3S/c17-12-4-1-3-11(7-12)14-9-19-16(22-14)23-10-15(20)18-8-13-5-2-6-21-13/h1-7,9H,8,10H2,(H,18,20). The van der Waals surface area contributed by atoms with E-state index < -0.39 is 0 Å². The molecule has 1 N–H and O–H groups in total. The highest BCUT2D eigenvalue weighted by Crippen LogP contribution is 2.27. The Morgan fingerprint density at radius 3 is 3.00 bits per heavy atom. The van der Waals surface area contributed by atoms with Gasteiger partial charge in [-0.1, -0.05) is 39.8 Å². The first-order valence-corrected chi connectivity index (χ1v) is 8.62. The molecule has 2 aromatic heterocycles. The third-order valence-electron chi connectivity index (χ3n) is 2.96. The molecule has 0 unspecified atom stereocenters. The molecule has 23 heavy (non-hydrogen) atoms. The van der Waals surface area contributed by atoms with Gasteiger partial charge in [0.25, 0.3) is 5.22 Å². The maximum atomic E-state index is 11.8. The van der Waals surface area contributed by atoms with Crippen LogP contribution in [0.15, 0.2) is 67.4 Å². The van der Waals surface area contributed by atoms with Crippen LogP contribution in [-0.4, -0.2) is 16.6 Å². The summed E-state index contributed by atoms with van der Waals surface area (Å²) in [6.07, 6.45) is 3.23. The molecule has 1 aromatic carbocycles. The number of carbonyl (C=O) groups is 1. The average Bonchev–Trinajstić information content (AvgIpc) is 3.22. The number of halogens is 1. The third-order valence-corrected chi connectivity index (χ3v) is 4.30. The van der Waals surface area contributed by atoms with Crippen molar-refractivity contribution >= 4 is 33.6 Å². The second-order valence-corrected chi connectivity index (χ2v) is 6.49. The highest BCUT2D eigenvalue weighted by molar-refractivity contribution is 9.10. The number of nitrogens with one attached hydrogen (secondary N) is 1. The maximum Gasteiger partial charge on any atom is 0.256 e. The number of aromatic nitrogens is 1. The van der Waals surface area contributed by atoms with E-state index in [2.05, 4.69) is 26.2 Å². The fraction of sp³-hybridized carbons (Fsp3) is 0.125. The maximum absolute atomic E-state index is 11.8. The van der Waals surface area contributed by atoms with Gasteiger partial charge in [0.05, 0.1) is 24.8 Å². The van der Waals surface area contributed by atoms with E-state index in [1.54, 1.807) is 18.5 Å². The van der Waals surface area contributed by atoms with Crippen molar-refractivity contribution in [2.45, 2.75) is 11.8 Å². The molecule has 3 aromatic rings. The van der Waals surface area contributed by atoms with Gasteiger partial charge in [-0.15, -0.1) is 0 Å². The van der Waals surface area contributed by atoms with Crippen molar-refractivity contribution in [2.75, 3.05) is 5.75 Å². The number of thioether (sulfide) groups is 1. The summed E-state index contributed by atoms with van der Waals surface area (Å²) in [4.78, 5) is 16.0. The van der Waals surface area contributed by atoms with Crippen LogP contribution in [0.2, 0.25) is 0 Å². The number of carbonyl (C=O) groups excluding carboxylic acids is 1. The molecule has 3 rings (SSSR count). The summed E-state index contributed by atoms with van der Waals surface area (Å²) in [5.74, 6) is 1.52. The number of oxazole rings is 1. The largest absolute Gasteiger partial charge is 0.467 e. The van der Waals surface area contributed by atoms with Crippen LogP contribution >= 0.6 is 27.7 Å². The predicted octanol–water partition coefficient (Wildman–Crippen LogP) is 4.11. The van der Waals surface area contributed by atoms with Gasteiger partial charge in [-0.25, -0.2) is 4.98 Å². The fourth-order valence-corrected chi connectivity index (χ4v) is 2.91. The molecular weight excluding hydrogens is 380 g/mol. The van der Waals surface area contributed by atoms with Gasteiger partial charge < -0.3 is 14.2 Å². The van der Waals surface area contributed by atoms with E-state index >= 15 is 0 Å². The zero-order chi connectivity index (χ0) is 16.1. The normalized spacial score (nSPS) is 10.7. The van der Waals surface area contributed by atoms with Crippen LogP contribution in [0.25, 0.3) is 11.3 Å². The Morgan fingerprint density at radius 1 is 1.30 bits per heavy atom. The van der Waals surface area contributed by atoms with Gasteiger partial charge in [0, 0.05) is 10.0 Å². The van der Waals surface area contributed by atoms with Gasteiger partial charge in [-0.2, -0.15) is 0 Å². The summed E-state index contributed by atoms with van der Waals surface area (Å²) in [6, 6.07) is 11.4. The minimum absolute atomic E-state index is 0.103. The minimum Gasteiger partial charge on any atom is -0.467 e. The van der Waals surface area contributed by atoms with Crippen LogP contribution < -0.4 is 5.32 Å². The van der Waals surface area contributed by atoms with Gasteiger partial charge in [0.2, 0.25) is 5.91 Å². The number of hydrogen-bond donors (Lipinski definition) is 1. The number of furan rings is 1. The van der Waals surface area contributed by atoms with Crippen molar-refractivity contribution in [3.8, 4) is 11.3 Å². The fourth-order valence-electron chi connectivity index (χ4n) is 1.88. The summed E-state index contributed by atoms with van der Waals surface area (Å²) in [5.41, 5.74) is 0.931. The summed E-state index contributed by atoms with van der Waals surface area (Å²) in [5, 5.41) is 3.24. The van der Waals surface area contributed by atoms with E-state index in [-0.39, 0.29) is 11.7 Å². The van der Waals surface area contributed by atoms with Crippen molar-refractivity contribution < 1.29 is 13.6 Å². The van der Waals surface area contributed by atoms with Crippen LogP contribution in [0, 0.1) is 0 Å². The van der Waals surface area contributed by atoms with E-state index in [9.17, 15) is 4.79 Å². The lowest BCUT2D eigenvalue weighted by Gasteiger charge is -2.01. The Bertz CT molecular complexity index is 786. The quantitative estimate of drug-likeness (QED) is 0.639. The zero-order valence-corrected chi connectivity index (χ0v) is 14.4. The van der Waals surface area contributed by atoms with Crippen molar-refractivity contribution in [1.82, 2.24) is 10.3 Å². The van der Waals surface area contributed by atoms with Gasteiger partial charge in [-0.05, 0) is 24.3 Å². The van der Waals surface area contributed by atoms with E-state index in [1.807, 2.05) is 30.3 Å². The molecule has 0 aliphatic carbocycles. The Morgan fingerprint density at radius 2 is 2.22 bits per heavy atom. The molecule has 0 bridgehead atoms. The topological polar surface area (TPSA) is 68.3 Å². The molecule has 0 radical (unpaired) electrons. The first kappa shape index (κ1) is 15.9. The van der Waals surface area contributed by atoms with Gasteiger partial charge >= 0.3 is 0 Å². The Labute approximate surface area is 145 Å². The summed E-state index contributed by atoms with van der Waals surface area (Å²) >= 11 is 4.67. The summed E-state index contributed by atoms with van der Waals surface area (Å²) in [6.45, 7) is 0.376. The molecule has 0 saturated carbocycles. The van der Waals surface area contributed by atoms with E-state index in [4.69, 9.17) is 8.83 Å². The smallest absolute Gasteiger partial charge is 0.256 e. The molecule has 0 aliphatic heterocycles. The number of benzene rings is 1. The first-order valence-electron chi connectivity index (χ1n) is 6.84. The molecule has 0 fully saturated rings. The molecule has 0 spiro atoms. The SMILES string of the molecule is O=C(CSc1ncc(-c2cccc(Br)c2)o1)NCc1ccco1.